The van der Waals surface area contributed by atoms with Crippen LogP contribution in [0.5, 0.6) is 0 Å². The standard InChI is InChI=1S/C24H19ClN4O3/c1-15-6-5-12-29-22(15)27-21(16-7-3-2-4-8-16)23(29)26-20(30)11-13-28-18-10-9-17(25)14-19(18)32-24(28)31/h2-10,12,14H,11,13H2,1H3,(H,26,30). The van der Waals surface area contributed by atoms with E-state index in [2.05, 4.69) is 5.32 Å². The number of oxazole rings is 1. The van der Waals surface area contributed by atoms with E-state index < -0.39 is 5.76 Å². The maximum absolute atomic E-state index is 12.9. The number of imidazole rings is 1. The summed E-state index contributed by atoms with van der Waals surface area (Å²) in [6.07, 6.45) is 1.96. The van der Waals surface area contributed by atoms with Gasteiger partial charge in [0, 0.05) is 35.8 Å². The molecule has 0 aliphatic carbocycles. The second-order valence-corrected chi connectivity index (χ2v) is 7.93. The summed E-state index contributed by atoms with van der Waals surface area (Å²) in [6.45, 7) is 2.15. The molecule has 0 aliphatic rings. The molecule has 3 aromatic heterocycles. The second kappa shape index (κ2) is 8.01. The Labute approximate surface area is 187 Å². The predicted molar refractivity (Wildman–Crippen MR) is 124 cm³/mol. The van der Waals surface area contributed by atoms with Gasteiger partial charge in [0.25, 0.3) is 0 Å². The van der Waals surface area contributed by atoms with Gasteiger partial charge in [-0.3, -0.25) is 13.8 Å². The van der Waals surface area contributed by atoms with Gasteiger partial charge in [-0.25, -0.2) is 9.78 Å². The van der Waals surface area contributed by atoms with Gasteiger partial charge in [-0.1, -0.05) is 48.0 Å². The average Bonchev–Trinajstić information content (AvgIpc) is 3.30. The molecular formula is C24H19ClN4O3. The largest absolute Gasteiger partial charge is 0.419 e. The van der Waals surface area contributed by atoms with E-state index in [4.69, 9.17) is 21.0 Å². The monoisotopic (exact) mass is 446 g/mol. The Morgan fingerprint density at radius 1 is 1.12 bits per heavy atom. The first-order chi connectivity index (χ1) is 15.5. The minimum atomic E-state index is -0.523. The Morgan fingerprint density at radius 2 is 1.94 bits per heavy atom. The summed E-state index contributed by atoms with van der Waals surface area (Å²) in [5.41, 5.74) is 4.36. The fourth-order valence-corrected chi connectivity index (χ4v) is 3.94. The van der Waals surface area contributed by atoms with E-state index in [1.165, 1.54) is 4.57 Å². The Balaban J connectivity index is 1.45. The zero-order chi connectivity index (χ0) is 22.2. The van der Waals surface area contributed by atoms with Crippen LogP contribution >= 0.6 is 11.6 Å². The fraction of sp³-hybridized carbons (Fsp3) is 0.125. The third kappa shape index (κ3) is 3.56. The average molecular weight is 447 g/mol. The Morgan fingerprint density at radius 3 is 2.75 bits per heavy atom. The van der Waals surface area contributed by atoms with Crippen LogP contribution in [0.25, 0.3) is 28.0 Å². The SMILES string of the molecule is Cc1cccn2c(NC(=O)CCn3c(=O)oc4cc(Cl)ccc43)c(-c3ccccc3)nc12. The molecule has 1 amide bonds. The summed E-state index contributed by atoms with van der Waals surface area (Å²) in [6, 6.07) is 18.6. The van der Waals surface area contributed by atoms with E-state index in [9.17, 15) is 9.59 Å². The van der Waals surface area contributed by atoms with Gasteiger partial charge in [0.15, 0.2) is 5.58 Å². The van der Waals surface area contributed by atoms with Gasteiger partial charge in [0.1, 0.15) is 17.2 Å². The van der Waals surface area contributed by atoms with Crippen molar-refractivity contribution in [1.29, 1.82) is 0 Å². The summed E-state index contributed by atoms with van der Waals surface area (Å²) < 4.78 is 8.55. The van der Waals surface area contributed by atoms with Crippen molar-refractivity contribution in [2.75, 3.05) is 5.32 Å². The number of amides is 1. The van der Waals surface area contributed by atoms with Gasteiger partial charge < -0.3 is 9.73 Å². The second-order valence-electron chi connectivity index (χ2n) is 7.49. The van der Waals surface area contributed by atoms with Gasteiger partial charge >= 0.3 is 5.76 Å². The van der Waals surface area contributed by atoms with Crippen molar-refractivity contribution < 1.29 is 9.21 Å². The third-order valence-corrected chi connectivity index (χ3v) is 5.58. The molecule has 0 unspecified atom stereocenters. The number of nitrogens with zero attached hydrogens (tertiary/aromatic N) is 3. The van der Waals surface area contributed by atoms with Crippen LogP contribution < -0.4 is 11.1 Å². The molecule has 0 saturated heterocycles. The van der Waals surface area contributed by atoms with Gasteiger partial charge in [0.2, 0.25) is 5.91 Å². The Kier molecular flexibility index (Phi) is 5.03. The number of benzene rings is 2. The van der Waals surface area contributed by atoms with E-state index in [1.54, 1.807) is 18.2 Å². The van der Waals surface area contributed by atoms with Crippen LogP contribution in [-0.4, -0.2) is 19.9 Å². The summed E-state index contributed by atoms with van der Waals surface area (Å²) in [5, 5.41) is 3.47. The molecule has 32 heavy (non-hydrogen) atoms. The Hall–Kier alpha value is -3.84. The molecule has 0 radical (unpaired) electrons. The molecule has 3 heterocycles. The number of halogens is 1. The van der Waals surface area contributed by atoms with Crippen LogP contribution in [0.3, 0.4) is 0 Å². The lowest BCUT2D eigenvalue weighted by atomic mass is 10.1. The molecular weight excluding hydrogens is 428 g/mol. The summed E-state index contributed by atoms with van der Waals surface area (Å²) >= 11 is 5.97. The number of hydrogen-bond acceptors (Lipinski definition) is 4. The van der Waals surface area contributed by atoms with Crippen molar-refractivity contribution in [3.8, 4) is 11.3 Å². The van der Waals surface area contributed by atoms with Gasteiger partial charge in [0.05, 0.1) is 5.52 Å². The highest BCUT2D eigenvalue weighted by atomic mass is 35.5. The van der Waals surface area contributed by atoms with Crippen LogP contribution in [0.2, 0.25) is 5.02 Å². The highest BCUT2D eigenvalue weighted by Crippen LogP contribution is 2.30. The molecule has 7 nitrogen and oxygen atoms in total. The van der Waals surface area contributed by atoms with Gasteiger partial charge in [-0.2, -0.15) is 0 Å². The summed E-state index contributed by atoms with van der Waals surface area (Å²) in [7, 11) is 0. The smallest absolute Gasteiger partial charge is 0.408 e. The molecule has 0 fully saturated rings. The van der Waals surface area contributed by atoms with Crippen LogP contribution in [0, 0.1) is 6.92 Å². The molecule has 0 atom stereocenters. The zero-order valence-electron chi connectivity index (χ0n) is 17.2. The molecule has 0 saturated carbocycles. The lowest BCUT2D eigenvalue weighted by molar-refractivity contribution is -0.116. The predicted octanol–water partition coefficient (Wildman–Crippen LogP) is 4.90. The van der Waals surface area contributed by atoms with Gasteiger partial charge in [-0.05, 0) is 30.7 Å². The van der Waals surface area contributed by atoms with Crippen LogP contribution in [0.1, 0.15) is 12.0 Å². The topological polar surface area (TPSA) is 81.5 Å². The lowest BCUT2D eigenvalue weighted by Gasteiger charge is -2.08. The van der Waals surface area contributed by atoms with Crippen LogP contribution in [0.15, 0.2) is 76.1 Å². The first-order valence-electron chi connectivity index (χ1n) is 10.1. The lowest BCUT2D eigenvalue weighted by Crippen LogP contribution is -2.20. The zero-order valence-corrected chi connectivity index (χ0v) is 18.0. The van der Waals surface area contributed by atoms with Crippen molar-refractivity contribution in [2.45, 2.75) is 19.9 Å². The van der Waals surface area contributed by atoms with Crippen molar-refractivity contribution in [3.05, 3.63) is 88.0 Å². The third-order valence-electron chi connectivity index (χ3n) is 5.34. The molecule has 1 N–H and O–H groups in total. The van der Waals surface area contributed by atoms with E-state index in [0.717, 1.165) is 16.8 Å². The summed E-state index contributed by atoms with van der Waals surface area (Å²) in [5.74, 6) is -0.165. The van der Waals surface area contributed by atoms with Crippen molar-refractivity contribution in [2.24, 2.45) is 0 Å². The number of fused-ring (bicyclic) bond motifs is 2. The molecule has 5 rings (SSSR count). The number of hydrogen-bond donors (Lipinski definition) is 1. The molecule has 160 valence electrons. The quantitative estimate of drug-likeness (QED) is 0.416. The number of carbonyl (C=O) groups excluding carboxylic acids is 1. The number of anilines is 1. The fourth-order valence-electron chi connectivity index (χ4n) is 3.78. The van der Waals surface area contributed by atoms with Crippen molar-refractivity contribution in [1.82, 2.24) is 14.0 Å². The van der Waals surface area contributed by atoms with E-state index in [1.807, 2.05) is 60.0 Å². The van der Waals surface area contributed by atoms with Crippen molar-refractivity contribution >= 4 is 40.1 Å². The van der Waals surface area contributed by atoms with E-state index in [-0.39, 0.29) is 18.9 Å². The molecule has 0 spiro atoms. The van der Waals surface area contributed by atoms with E-state index >= 15 is 0 Å². The number of pyridine rings is 1. The first kappa shape index (κ1) is 20.1. The number of aryl methyl sites for hydroxylation is 2. The maximum Gasteiger partial charge on any atom is 0.419 e. The maximum atomic E-state index is 12.9. The number of rotatable bonds is 5. The minimum Gasteiger partial charge on any atom is -0.408 e. The van der Waals surface area contributed by atoms with E-state index in [0.29, 0.717) is 27.6 Å². The van der Waals surface area contributed by atoms with Crippen LogP contribution in [0.4, 0.5) is 5.82 Å². The molecule has 8 heteroatoms. The normalized spacial score (nSPS) is 11.3. The molecule has 2 aromatic carbocycles. The highest BCUT2D eigenvalue weighted by Gasteiger charge is 2.18. The first-order valence-corrected chi connectivity index (χ1v) is 10.5. The highest BCUT2D eigenvalue weighted by molar-refractivity contribution is 6.31. The van der Waals surface area contributed by atoms with Crippen molar-refractivity contribution in [3.63, 3.8) is 0 Å². The van der Waals surface area contributed by atoms with Gasteiger partial charge in [-0.15, -0.1) is 0 Å². The number of nitrogens with one attached hydrogen (secondary N) is 1. The van der Waals surface area contributed by atoms with Crippen LogP contribution in [-0.2, 0) is 11.3 Å². The molecule has 0 aliphatic heterocycles. The summed E-state index contributed by atoms with van der Waals surface area (Å²) in [4.78, 5) is 29.9. The minimum absolute atomic E-state index is 0.0877. The molecule has 0 bridgehead atoms. The molecule has 5 aromatic rings. The Bertz CT molecular complexity index is 1520. The number of aromatic nitrogens is 3. The number of carbonyl (C=O) groups is 1.